The summed E-state index contributed by atoms with van der Waals surface area (Å²) in [5.74, 6) is 0.836. The highest BCUT2D eigenvalue weighted by molar-refractivity contribution is 8.14. The van der Waals surface area contributed by atoms with Gasteiger partial charge in [-0.1, -0.05) is 11.8 Å². The van der Waals surface area contributed by atoms with Crippen LogP contribution in [0.1, 0.15) is 19.8 Å². The molecule has 0 aliphatic carbocycles. The van der Waals surface area contributed by atoms with Crippen LogP contribution in [0.15, 0.2) is 18.5 Å². The highest BCUT2D eigenvalue weighted by atomic mass is 35.5. The van der Waals surface area contributed by atoms with Crippen LogP contribution in [0.5, 0.6) is 0 Å². The zero-order valence-electron chi connectivity index (χ0n) is 13.8. The second-order valence-electron chi connectivity index (χ2n) is 5.90. The van der Waals surface area contributed by atoms with E-state index in [1.165, 1.54) is 11.8 Å². The van der Waals surface area contributed by atoms with Crippen molar-refractivity contribution in [2.45, 2.75) is 31.1 Å². The quantitative estimate of drug-likeness (QED) is 0.828. The van der Waals surface area contributed by atoms with Crippen LogP contribution in [0.25, 0.3) is 0 Å². The lowest BCUT2D eigenvalue weighted by Gasteiger charge is -2.34. The van der Waals surface area contributed by atoms with Crippen LogP contribution in [-0.4, -0.2) is 64.1 Å². The minimum Gasteiger partial charge on any atom is -0.343 e. The number of nitrogens with zero attached hydrogens (tertiary/aromatic N) is 4. The number of carbonyl (C=O) groups excluding carboxylic acids is 1. The summed E-state index contributed by atoms with van der Waals surface area (Å²) in [6.07, 6.45) is 5.85. The molecule has 24 heavy (non-hydrogen) atoms. The van der Waals surface area contributed by atoms with Gasteiger partial charge < -0.3 is 10.2 Å². The molecule has 2 unspecified atom stereocenters. The van der Waals surface area contributed by atoms with Crippen LogP contribution in [0.3, 0.4) is 0 Å². The third-order valence-electron chi connectivity index (χ3n) is 4.33. The molecule has 2 saturated heterocycles. The van der Waals surface area contributed by atoms with Gasteiger partial charge in [-0.05, 0) is 32.4 Å². The number of piperazine rings is 1. The van der Waals surface area contributed by atoms with E-state index < -0.39 is 0 Å². The van der Waals surface area contributed by atoms with Gasteiger partial charge in [0.05, 0.1) is 0 Å². The average molecular weight is 394 g/mol. The molecule has 1 amide bonds. The minimum atomic E-state index is 0. The second-order valence-corrected chi connectivity index (χ2v) is 7.11. The van der Waals surface area contributed by atoms with Gasteiger partial charge >= 0.3 is 0 Å². The standard InChI is InChI=1S/C15H23N5OS.2ClH/c1-12-13(22-15(21)18-12)4-2-7-19-8-10-20(11-9-19)14-16-5-3-6-17-14;;/h3,5-6,12-13H,2,4,7-11H2,1H3,(H,18,21);2*1H. The summed E-state index contributed by atoms with van der Waals surface area (Å²) in [7, 11) is 0. The van der Waals surface area contributed by atoms with Crippen molar-refractivity contribution in [3.8, 4) is 0 Å². The van der Waals surface area contributed by atoms with Crippen LogP contribution in [0, 0.1) is 0 Å². The summed E-state index contributed by atoms with van der Waals surface area (Å²) >= 11 is 1.46. The van der Waals surface area contributed by atoms with Crippen molar-refractivity contribution < 1.29 is 4.79 Å². The third-order valence-corrected chi connectivity index (χ3v) is 5.61. The molecule has 2 fully saturated rings. The smallest absolute Gasteiger partial charge is 0.279 e. The van der Waals surface area contributed by atoms with Crippen molar-refractivity contribution >= 4 is 47.8 Å². The molecule has 0 radical (unpaired) electrons. The van der Waals surface area contributed by atoms with Crippen LogP contribution < -0.4 is 10.2 Å². The number of aromatic nitrogens is 2. The fourth-order valence-corrected chi connectivity index (χ4v) is 4.09. The van der Waals surface area contributed by atoms with Gasteiger partial charge in [-0.25, -0.2) is 9.97 Å². The van der Waals surface area contributed by atoms with Crippen LogP contribution >= 0.6 is 36.6 Å². The fourth-order valence-electron chi connectivity index (χ4n) is 3.00. The molecule has 2 atom stereocenters. The fraction of sp³-hybridized carbons (Fsp3) is 0.667. The maximum Gasteiger partial charge on any atom is 0.279 e. The van der Waals surface area contributed by atoms with Crippen molar-refractivity contribution in [2.75, 3.05) is 37.6 Å². The number of hydrogen-bond acceptors (Lipinski definition) is 6. The molecule has 3 rings (SSSR count). The molecule has 1 aromatic heterocycles. The van der Waals surface area contributed by atoms with Gasteiger partial charge in [0.25, 0.3) is 5.24 Å². The normalized spacial score (nSPS) is 24.0. The summed E-state index contributed by atoms with van der Waals surface area (Å²) in [5, 5.41) is 3.54. The Morgan fingerprint density at radius 3 is 2.46 bits per heavy atom. The zero-order chi connectivity index (χ0) is 15.4. The molecule has 1 aromatic rings. The molecular weight excluding hydrogens is 369 g/mol. The number of hydrogen-bond donors (Lipinski definition) is 1. The maximum atomic E-state index is 11.3. The van der Waals surface area contributed by atoms with E-state index in [0.717, 1.165) is 51.5 Å². The monoisotopic (exact) mass is 393 g/mol. The molecule has 9 heteroatoms. The average Bonchev–Trinajstić information content (AvgIpc) is 2.87. The van der Waals surface area contributed by atoms with E-state index in [0.29, 0.717) is 11.3 Å². The Hall–Kier alpha value is -0.760. The number of rotatable bonds is 5. The van der Waals surface area contributed by atoms with Gasteiger partial charge in [-0.15, -0.1) is 24.8 Å². The maximum absolute atomic E-state index is 11.3. The first-order valence-corrected chi connectivity index (χ1v) is 8.82. The van der Waals surface area contributed by atoms with E-state index in [2.05, 4.69) is 32.0 Å². The number of halogens is 2. The van der Waals surface area contributed by atoms with E-state index in [-0.39, 0.29) is 30.1 Å². The van der Waals surface area contributed by atoms with Gasteiger partial charge in [0.1, 0.15) is 0 Å². The van der Waals surface area contributed by atoms with E-state index in [1.54, 1.807) is 12.4 Å². The van der Waals surface area contributed by atoms with Crippen LogP contribution in [-0.2, 0) is 0 Å². The van der Waals surface area contributed by atoms with Crippen molar-refractivity contribution in [1.82, 2.24) is 20.2 Å². The molecule has 6 nitrogen and oxygen atoms in total. The van der Waals surface area contributed by atoms with Gasteiger partial charge in [0.2, 0.25) is 5.95 Å². The summed E-state index contributed by atoms with van der Waals surface area (Å²) in [6.45, 7) is 7.30. The predicted octanol–water partition coefficient (Wildman–Crippen LogP) is 2.44. The first kappa shape index (κ1) is 21.3. The summed E-state index contributed by atoms with van der Waals surface area (Å²) in [6, 6.07) is 2.16. The third kappa shape index (κ3) is 5.65. The molecule has 3 heterocycles. The second kappa shape index (κ2) is 10.3. The number of thioether (sulfide) groups is 1. The van der Waals surface area contributed by atoms with Crippen molar-refractivity contribution in [1.29, 1.82) is 0 Å². The molecular formula is C15H25Cl2N5OS. The number of carbonyl (C=O) groups is 1. The lowest BCUT2D eigenvalue weighted by atomic mass is 10.1. The first-order chi connectivity index (χ1) is 10.7. The van der Waals surface area contributed by atoms with Crippen LogP contribution in [0.4, 0.5) is 10.7 Å². The zero-order valence-corrected chi connectivity index (χ0v) is 16.2. The minimum absolute atomic E-state index is 0. The summed E-state index contributed by atoms with van der Waals surface area (Å²) in [4.78, 5) is 24.7. The van der Waals surface area contributed by atoms with Crippen LogP contribution in [0.2, 0.25) is 0 Å². The Kier molecular flexibility index (Phi) is 9.12. The van der Waals surface area contributed by atoms with E-state index >= 15 is 0 Å². The van der Waals surface area contributed by atoms with Crippen molar-refractivity contribution in [2.24, 2.45) is 0 Å². The molecule has 0 spiro atoms. The molecule has 2 aliphatic rings. The Labute approximate surface area is 160 Å². The SMILES string of the molecule is CC1NC(=O)SC1CCCN1CCN(c2ncccn2)CC1.Cl.Cl. The van der Waals surface area contributed by atoms with E-state index in [9.17, 15) is 4.79 Å². The molecule has 0 aromatic carbocycles. The Morgan fingerprint density at radius 1 is 1.21 bits per heavy atom. The topological polar surface area (TPSA) is 61.4 Å². The Balaban J connectivity index is 0.00000144. The van der Waals surface area contributed by atoms with Crippen molar-refractivity contribution in [3.05, 3.63) is 18.5 Å². The number of anilines is 1. The van der Waals surface area contributed by atoms with Gasteiger partial charge in [-0.3, -0.25) is 9.69 Å². The summed E-state index contributed by atoms with van der Waals surface area (Å²) < 4.78 is 0. The van der Waals surface area contributed by atoms with Crippen molar-refractivity contribution in [3.63, 3.8) is 0 Å². The Morgan fingerprint density at radius 2 is 1.88 bits per heavy atom. The predicted molar refractivity (Wildman–Crippen MR) is 104 cm³/mol. The van der Waals surface area contributed by atoms with E-state index in [1.807, 2.05) is 6.07 Å². The molecule has 0 bridgehead atoms. The largest absolute Gasteiger partial charge is 0.343 e. The molecule has 0 saturated carbocycles. The van der Waals surface area contributed by atoms with Gasteiger partial charge in [0.15, 0.2) is 0 Å². The molecule has 136 valence electrons. The lowest BCUT2D eigenvalue weighted by molar-refractivity contribution is 0.250. The van der Waals surface area contributed by atoms with Gasteiger partial charge in [-0.2, -0.15) is 0 Å². The molecule has 1 N–H and O–H groups in total. The Bertz CT molecular complexity index is 502. The first-order valence-electron chi connectivity index (χ1n) is 7.94. The highest BCUT2D eigenvalue weighted by Crippen LogP contribution is 2.27. The lowest BCUT2D eigenvalue weighted by Crippen LogP contribution is -2.47. The summed E-state index contributed by atoms with van der Waals surface area (Å²) in [5.41, 5.74) is 0. The highest BCUT2D eigenvalue weighted by Gasteiger charge is 2.29. The number of amides is 1. The van der Waals surface area contributed by atoms with E-state index in [4.69, 9.17) is 0 Å². The van der Waals surface area contributed by atoms with Gasteiger partial charge in [0, 0.05) is 49.9 Å². The molecule has 2 aliphatic heterocycles. The number of nitrogens with one attached hydrogen (secondary N) is 1.